The number of nitrogens with one attached hydrogen (secondary N) is 1. The van der Waals surface area contributed by atoms with Crippen LogP contribution in [0.1, 0.15) is 24.2 Å². The molecular formula is C21H26N2O4. The third-order valence-electron chi connectivity index (χ3n) is 4.72. The van der Waals surface area contributed by atoms with Crippen molar-refractivity contribution in [3.8, 4) is 11.5 Å². The lowest BCUT2D eigenvalue weighted by molar-refractivity contribution is 0.0344. The topological polar surface area (TPSA) is 60.0 Å². The minimum atomic E-state index is -0.273. The second-order valence-electron chi connectivity index (χ2n) is 6.68. The first-order valence-electron chi connectivity index (χ1n) is 9.04. The number of methoxy groups -OCH3 is 2. The lowest BCUT2D eigenvalue weighted by Crippen LogP contribution is -2.47. The van der Waals surface area contributed by atoms with Gasteiger partial charge in [0.2, 0.25) is 0 Å². The van der Waals surface area contributed by atoms with Crippen LogP contribution in [0.4, 0.5) is 11.4 Å². The van der Waals surface area contributed by atoms with Crippen LogP contribution < -0.4 is 19.7 Å². The Morgan fingerprint density at radius 2 is 1.70 bits per heavy atom. The summed E-state index contributed by atoms with van der Waals surface area (Å²) in [6, 6.07) is 13.4. The Morgan fingerprint density at radius 1 is 1.07 bits per heavy atom. The number of hydrogen-bond donors (Lipinski definition) is 1. The van der Waals surface area contributed by atoms with E-state index in [1.807, 2.05) is 24.3 Å². The molecule has 2 aromatic rings. The van der Waals surface area contributed by atoms with Gasteiger partial charge in [-0.1, -0.05) is 6.07 Å². The highest BCUT2D eigenvalue weighted by atomic mass is 16.5. The molecule has 6 nitrogen and oxygen atoms in total. The third kappa shape index (κ3) is 4.17. The molecular weight excluding hydrogens is 344 g/mol. The van der Waals surface area contributed by atoms with Crippen molar-refractivity contribution < 1.29 is 19.0 Å². The zero-order chi connectivity index (χ0) is 19.4. The maximum Gasteiger partial charge on any atom is 0.263 e. The number of rotatable bonds is 5. The number of ether oxygens (including phenoxy) is 3. The van der Waals surface area contributed by atoms with Crippen molar-refractivity contribution in [3.63, 3.8) is 0 Å². The van der Waals surface area contributed by atoms with Crippen LogP contribution in [0.15, 0.2) is 42.5 Å². The molecule has 1 aliphatic rings. The number of carbonyl (C=O) groups excluding carboxylic acids is 1. The SMILES string of the molecule is COc1cccc(OC)c1C(=O)Nc1ccc(N2CC(C)OCC2C)cc1. The van der Waals surface area contributed by atoms with E-state index in [2.05, 4.69) is 24.1 Å². The zero-order valence-electron chi connectivity index (χ0n) is 16.2. The number of benzene rings is 2. The Bertz CT molecular complexity index is 769. The highest BCUT2D eigenvalue weighted by molar-refractivity contribution is 6.08. The van der Waals surface area contributed by atoms with Crippen LogP contribution in [-0.2, 0) is 4.74 Å². The summed E-state index contributed by atoms with van der Waals surface area (Å²) in [7, 11) is 3.07. The fourth-order valence-electron chi connectivity index (χ4n) is 3.27. The van der Waals surface area contributed by atoms with Gasteiger partial charge < -0.3 is 24.4 Å². The van der Waals surface area contributed by atoms with Crippen LogP contribution in [-0.4, -0.2) is 45.4 Å². The summed E-state index contributed by atoms with van der Waals surface area (Å²) in [4.78, 5) is 15.1. The van der Waals surface area contributed by atoms with E-state index in [0.29, 0.717) is 35.4 Å². The van der Waals surface area contributed by atoms with Crippen LogP contribution in [0.3, 0.4) is 0 Å². The molecule has 1 amide bonds. The minimum Gasteiger partial charge on any atom is -0.496 e. The molecule has 0 bridgehead atoms. The summed E-state index contributed by atoms with van der Waals surface area (Å²) in [5, 5.41) is 2.92. The summed E-state index contributed by atoms with van der Waals surface area (Å²) >= 11 is 0. The summed E-state index contributed by atoms with van der Waals surface area (Å²) in [5.41, 5.74) is 2.21. The van der Waals surface area contributed by atoms with Gasteiger partial charge in [-0.2, -0.15) is 0 Å². The maximum absolute atomic E-state index is 12.8. The van der Waals surface area contributed by atoms with E-state index in [1.54, 1.807) is 18.2 Å². The van der Waals surface area contributed by atoms with Crippen LogP contribution in [0.5, 0.6) is 11.5 Å². The fraction of sp³-hybridized carbons (Fsp3) is 0.381. The van der Waals surface area contributed by atoms with Crippen molar-refractivity contribution in [2.24, 2.45) is 0 Å². The van der Waals surface area contributed by atoms with Gasteiger partial charge in [0, 0.05) is 24.0 Å². The molecule has 3 rings (SSSR count). The molecule has 0 aliphatic carbocycles. The quantitative estimate of drug-likeness (QED) is 0.872. The van der Waals surface area contributed by atoms with Gasteiger partial charge in [0.1, 0.15) is 17.1 Å². The molecule has 1 saturated heterocycles. The van der Waals surface area contributed by atoms with E-state index in [1.165, 1.54) is 14.2 Å². The van der Waals surface area contributed by atoms with E-state index in [9.17, 15) is 4.79 Å². The number of amides is 1. The summed E-state index contributed by atoms with van der Waals surface area (Å²) < 4.78 is 16.3. The number of hydrogen-bond acceptors (Lipinski definition) is 5. The molecule has 0 aromatic heterocycles. The average molecular weight is 370 g/mol. The van der Waals surface area contributed by atoms with Crippen LogP contribution in [0, 0.1) is 0 Å². The van der Waals surface area contributed by atoms with Crippen LogP contribution >= 0.6 is 0 Å². The van der Waals surface area contributed by atoms with E-state index < -0.39 is 0 Å². The lowest BCUT2D eigenvalue weighted by atomic mass is 10.1. The van der Waals surface area contributed by atoms with Gasteiger partial charge in [0.05, 0.1) is 26.9 Å². The Morgan fingerprint density at radius 3 is 2.30 bits per heavy atom. The molecule has 1 aliphatic heterocycles. The van der Waals surface area contributed by atoms with E-state index in [-0.39, 0.29) is 12.0 Å². The largest absolute Gasteiger partial charge is 0.496 e. The van der Waals surface area contributed by atoms with Crippen LogP contribution in [0.25, 0.3) is 0 Å². The van der Waals surface area contributed by atoms with Crippen molar-refractivity contribution >= 4 is 17.3 Å². The predicted molar refractivity (Wildman–Crippen MR) is 106 cm³/mol. The average Bonchev–Trinajstić information content (AvgIpc) is 2.69. The van der Waals surface area contributed by atoms with Gasteiger partial charge in [-0.05, 0) is 50.2 Å². The second kappa shape index (κ2) is 8.31. The number of anilines is 2. The molecule has 2 unspecified atom stereocenters. The second-order valence-corrected chi connectivity index (χ2v) is 6.68. The monoisotopic (exact) mass is 370 g/mol. The Hall–Kier alpha value is -2.73. The van der Waals surface area contributed by atoms with Gasteiger partial charge in [0.25, 0.3) is 5.91 Å². The van der Waals surface area contributed by atoms with Gasteiger partial charge in [-0.15, -0.1) is 0 Å². The Labute approximate surface area is 160 Å². The number of carbonyl (C=O) groups is 1. The minimum absolute atomic E-state index is 0.207. The summed E-state index contributed by atoms with van der Waals surface area (Å²) in [6.07, 6.45) is 0.207. The van der Waals surface area contributed by atoms with Gasteiger partial charge >= 0.3 is 0 Å². The Balaban J connectivity index is 1.76. The highest BCUT2D eigenvalue weighted by Crippen LogP contribution is 2.29. The predicted octanol–water partition coefficient (Wildman–Crippen LogP) is 3.57. The Kier molecular flexibility index (Phi) is 5.86. The van der Waals surface area contributed by atoms with Crippen LogP contribution in [0.2, 0.25) is 0 Å². The molecule has 2 atom stereocenters. The van der Waals surface area contributed by atoms with E-state index in [4.69, 9.17) is 14.2 Å². The van der Waals surface area contributed by atoms with Gasteiger partial charge in [0.15, 0.2) is 0 Å². The summed E-state index contributed by atoms with van der Waals surface area (Å²) in [6.45, 7) is 5.79. The van der Waals surface area contributed by atoms with Crippen molar-refractivity contribution in [2.75, 3.05) is 37.6 Å². The lowest BCUT2D eigenvalue weighted by Gasteiger charge is -2.38. The molecule has 2 aromatic carbocycles. The zero-order valence-corrected chi connectivity index (χ0v) is 16.2. The molecule has 6 heteroatoms. The molecule has 27 heavy (non-hydrogen) atoms. The molecule has 0 saturated carbocycles. The first-order chi connectivity index (χ1) is 13.0. The molecule has 1 fully saturated rings. The van der Waals surface area contributed by atoms with Crippen molar-refractivity contribution in [1.82, 2.24) is 0 Å². The normalized spacial score (nSPS) is 19.5. The van der Waals surface area contributed by atoms with Crippen molar-refractivity contribution in [3.05, 3.63) is 48.0 Å². The molecule has 1 N–H and O–H groups in total. The smallest absolute Gasteiger partial charge is 0.263 e. The van der Waals surface area contributed by atoms with Gasteiger partial charge in [-0.3, -0.25) is 4.79 Å². The molecule has 144 valence electrons. The fourth-order valence-corrected chi connectivity index (χ4v) is 3.27. The highest BCUT2D eigenvalue weighted by Gasteiger charge is 2.24. The maximum atomic E-state index is 12.8. The van der Waals surface area contributed by atoms with Crippen molar-refractivity contribution in [2.45, 2.75) is 26.0 Å². The van der Waals surface area contributed by atoms with E-state index >= 15 is 0 Å². The first kappa shape index (κ1) is 19.0. The van der Waals surface area contributed by atoms with E-state index in [0.717, 1.165) is 12.2 Å². The van der Waals surface area contributed by atoms with Gasteiger partial charge in [-0.25, -0.2) is 0 Å². The van der Waals surface area contributed by atoms with Crippen molar-refractivity contribution in [1.29, 1.82) is 0 Å². The third-order valence-corrected chi connectivity index (χ3v) is 4.72. The molecule has 0 radical (unpaired) electrons. The molecule has 1 heterocycles. The standard InChI is InChI=1S/C21H26N2O4/c1-14-13-27-15(2)12-23(14)17-10-8-16(9-11-17)22-21(24)20-18(25-3)6-5-7-19(20)26-4/h5-11,14-15H,12-13H2,1-4H3,(H,22,24). The summed E-state index contributed by atoms with van der Waals surface area (Å²) in [5.74, 6) is 0.671. The first-order valence-corrected chi connectivity index (χ1v) is 9.04. The number of morpholine rings is 1. The molecule has 0 spiro atoms. The number of nitrogens with zero attached hydrogens (tertiary/aromatic N) is 1.